The first kappa shape index (κ1) is 19.5. The third kappa shape index (κ3) is 2.93. The first-order valence-electron chi connectivity index (χ1n) is 11.2. The summed E-state index contributed by atoms with van der Waals surface area (Å²) in [5.41, 5.74) is 1.27. The highest BCUT2D eigenvalue weighted by molar-refractivity contribution is 6.06. The van der Waals surface area contributed by atoms with Gasteiger partial charge in [0.15, 0.2) is 0 Å². The van der Waals surface area contributed by atoms with Crippen molar-refractivity contribution in [3.8, 4) is 5.75 Å². The molecule has 2 amide bonds. The van der Waals surface area contributed by atoms with Crippen molar-refractivity contribution >= 4 is 17.8 Å². The van der Waals surface area contributed by atoms with E-state index < -0.39 is 5.97 Å². The zero-order valence-corrected chi connectivity index (χ0v) is 17.8. The fraction of sp³-hybridized carbons (Fsp3) is 0.560. The van der Waals surface area contributed by atoms with Crippen LogP contribution in [0.5, 0.6) is 5.75 Å². The molecule has 158 valence electrons. The van der Waals surface area contributed by atoms with E-state index >= 15 is 0 Å². The summed E-state index contributed by atoms with van der Waals surface area (Å²) in [5, 5.41) is 0. The zero-order valence-electron chi connectivity index (χ0n) is 17.8. The quantitative estimate of drug-likeness (QED) is 0.312. The largest absolute Gasteiger partial charge is 0.426 e. The molecule has 5 heteroatoms. The number of rotatable bonds is 6. The second-order valence-corrected chi connectivity index (χ2v) is 9.97. The minimum Gasteiger partial charge on any atom is -0.426 e. The maximum Gasteiger partial charge on any atom is 0.312 e. The topological polar surface area (TPSA) is 63.7 Å². The smallest absolute Gasteiger partial charge is 0.312 e. The molecule has 0 aromatic heterocycles. The Morgan fingerprint density at radius 1 is 1.03 bits per heavy atom. The number of likely N-dealkylation sites (tertiary alicyclic amines) is 1. The molecule has 0 N–H and O–H groups in total. The van der Waals surface area contributed by atoms with E-state index in [0.29, 0.717) is 17.6 Å². The molecule has 1 aromatic rings. The number of benzene rings is 1. The fourth-order valence-corrected chi connectivity index (χ4v) is 5.80. The van der Waals surface area contributed by atoms with Gasteiger partial charge in [0.05, 0.1) is 18.3 Å². The van der Waals surface area contributed by atoms with Crippen molar-refractivity contribution in [2.45, 2.75) is 45.4 Å². The average Bonchev–Trinajstić information content (AvgIpc) is 3.52. The molecular formula is C25H29NO4. The van der Waals surface area contributed by atoms with Crippen LogP contribution in [0.15, 0.2) is 36.4 Å². The molecule has 5 aliphatic rings. The first-order chi connectivity index (χ1) is 14.3. The Labute approximate surface area is 177 Å². The maximum absolute atomic E-state index is 13.0. The second kappa shape index (κ2) is 6.79. The zero-order chi connectivity index (χ0) is 21.2. The van der Waals surface area contributed by atoms with Gasteiger partial charge in [-0.05, 0) is 59.6 Å². The Morgan fingerprint density at radius 2 is 1.60 bits per heavy atom. The molecule has 0 spiro atoms. The SMILES string of the molecule is CCC(C)(C)c1ccc(OC(=O)CCN2C(=O)[C@@H]3[C@H]4C=C[C@H]([C@@H]5C[C@H]45)[C@@H]3C2=O)cc1. The van der Waals surface area contributed by atoms with Gasteiger partial charge in [-0.2, -0.15) is 0 Å². The lowest BCUT2D eigenvalue weighted by Crippen LogP contribution is -2.40. The molecule has 0 radical (unpaired) electrons. The van der Waals surface area contributed by atoms with Gasteiger partial charge < -0.3 is 4.74 Å². The summed E-state index contributed by atoms with van der Waals surface area (Å²) in [7, 11) is 0. The van der Waals surface area contributed by atoms with E-state index in [1.54, 1.807) is 12.1 Å². The minimum atomic E-state index is -0.420. The standard InChI is InChI=1S/C25H29NO4/c1-4-25(2,3)14-5-7-15(8-6-14)30-20(27)11-12-26-23(28)21-16-9-10-17(19-13-18(16)19)22(21)24(26)29/h5-10,16-19,21-22H,4,11-13H2,1-3H3/t16-,17+,18+,19-,21+,22-. The van der Waals surface area contributed by atoms with Gasteiger partial charge >= 0.3 is 5.97 Å². The molecule has 1 aliphatic heterocycles. The van der Waals surface area contributed by atoms with Crippen molar-refractivity contribution in [3.05, 3.63) is 42.0 Å². The molecule has 1 saturated heterocycles. The number of esters is 1. The molecule has 2 saturated carbocycles. The predicted octanol–water partition coefficient (Wildman–Crippen LogP) is 3.72. The predicted molar refractivity (Wildman–Crippen MR) is 111 cm³/mol. The van der Waals surface area contributed by atoms with E-state index in [2.05, 4.69) is 32.9 Å². The lowest BCUT2D eigenvalue weighted by molar-refractivity contribution is -0.141. The van der Waals surface area contributed by atoms with Gasteiger partial charge in [0, 0.05) is 6.54 Å². The van der Waals surface area contributed by atoms with Crippen LogP contribution < -0.4 is 4.74 Å². The molecule has 0 unspecified atom stereocenters. The Bertz CT molecular complexity index is 895. The number of imide groups is 1. The van der Waals surface area contributed by atoms with Crippen LogP contribution in [0.2, 0.25) is 0 Å². The van der Waals surface area contributed by atoms with Crippen molar-refractivity contribution in [3.63, 3.8) is 0 Å². The average molecular weight is 408 g/mol. The van der Waals surface area contributed by atoms with E-state index in [9.17, 15) is 14.4 Å². The minimum absolute atomic E-state index is 0.0226. The Morgan fingerprint density at radius 3 is 2.13 bits per heavy atom. The number of hydrogen-bond donors (Lipinski definition) is 0. The molecule has 30 heavy (non-hydrogen) atoms. The van der Waals surface area contributed by atoms with Crippen molar-refractivity contribution in [1.29, 1.82) is 0 Å². The van der Waals surface area contributed by atoms with Crippen molar-refractivity contribution in [2.24, 2.45) is 35.5 Å². The second-order valence-electron chi connectivity index (χ2n) is 9.97. The molecular weight excluding hydrogens is 378 g/mol. The summed E-state index contributed by atoms with van der Waals surface area (Å²) >= 11 is 0. The van der Waals surface area contributed by atoms with Crippen LogP contribution in [0.25, 0.3) is 0 Å². The van der Waals surface area contributed by atoms with E-state index in [1.165, 1.54) is 10.5 Å². The van der Waals surface area contributed by atoms with Gasteiger partial charge in [-0.1, -0.05) is 45.1 Å². The van der Waals surface area contributed by atoms with Gasteiger partial charge in [-0.25, -0.2) is 0 Å². The number of allylic oxidation sites excluding steroid dienone is 2. The van der Waals surface area contributed by atoms with Crippen LogP contribution in [-0.4, -0.2) is 29.2 Å². The van der Waals surface area contributed by atoms with Crippen LogP contribution in [0.4, 0.5) is 0 Å². The van der Waals surface area contributed by atoms with Gasteiger partial charge in [-0.3, -0.25) is 19.3 Å². The highest BCUT2D eigenvalue weighted by Gasteiger charge is 2.66. The van der Waals surface area contributed by atoms with Crippen LogP contribution in [0.1, 0.15) is 45.6 Å². The normalized spacial score (nSPS) is 33.5. The Hall–Kier alpha value is -2.43. The van der Waals surface area contributed by atoms with Crippen LogP contribution in [0, 0.1) is 35.5 Å². The van der Waals surface area contributed by atoms with Gasteiger partial charge in [0.2, 0.25) is 11.8 Å². The Balaban J connectivity index is 1.19. The van der Waals surface area contributed by atoms with Crippen LogP contribution in [0.3, 0.4) is 0 Å². The number of carbonyl (C=O) groups excluding carboxylic acids is 3. The number of nitrogens with zero attached hydrogens (tertiary/aromatic N) is 1. The molecule has 4 aliphatic carbocycles. The molecule has 6 rings (SSSR count). The molecule has 3 fully saturated rings. The fourth-order valence-electron chi connectivity index (χ4n) is 5.80. The van der Waals surface area contributed by atoms with E-state index in [-0.39, 0.29) is 53.9 Å². The summed E-state index contributed by atoms with van der Waals surface area (Å²) in [6.07, 6.45) is 6.51. The number of amides is 2. The monoisotopic (exact) mass is 407 g/mol. The highest BCUT2D eigenvalue weighted by atomic mass is 16.5. The van der Waals surface area contributed by atoms with Crippen molar-refractivity contribution in [2.75, 3.05) is 6.54 Å². The van der Waals surface area contributed by atoms with Crippen molar-refractivity contribution in [1.82, 2.24) is 4.90 Å². The lowest BCUT2D eigenvalue weighted by atomic mass is 9.63. The summed E-state index contributed by atoms with van der Waals surface area (Å²) in [6, 6.07) is 7.58. The molecule has 1 aromatic carbocycles. The Kier molecular flexibility index (Phi) is 4.42. The number of hydrogen-bond acceptors (Lipinski definition) is 4. The molecule has 5 nitrogen and oxygen atoms in total. The summed E-state index contributed by atoms with van der Waals surface area (Å²) in [6.45, 7) is 6.62. The van der Waals surface area contributed by atoms with E-state index in [1.807, 2.05) is 12.1 Å². The number of ether oxygens (including phenoxy) is 1. The van der Waals surface area contributed by atoms with Crippen molar-refractivity contribution < 1.29 is 19.1 Å². The van der Waals surface area contributed by atoms with Crippen LogP contribution >= 0.6 is 0 Å². The third-order valence-electron chi connectivity index (χ3n) is 8.04. The third-order valence-corrected chi connectivity index (χ3v) is 8.04. The van der Waals surface area contributed by atoms with Gasteiger partial charge in [0.1, 0.15) is 5.75 Å². The molecule has 6 atom stereocenters. The highest BCUT2D eigenvalue weighted by Crippen LogP contribution is 2.65. The number of carbonyl (C=O) groups is 3. The first-order valence-corrected chi connectivity index (χ1v) is 11.2. The lowest BCUT2D eigenvalue weighted by Gasteiger charge is -2.37. The molecule has 1 heterocycles. The summed E-state index contributed by atoms with van der Waals surface area (Å²) in [5.74, 6) is 1.08. The van der Waals surface area contributed by atoms with Gasteiger partial charge in [-0.15, -0.1) is 0 Å². The maximum atomic E-state index is 13.0. The van der Waals surface area contributed by atoms with E-state index in [4.69, 9.17) is 4.74 Å². The van der Waals surface area contributed by atoms with Gasteiger partial charge in [0.25, 0.3) is 0 Å². The summed E-state index contributed by atoms with van der Waals surface area (Å²) < 4.78 is 5.44. The van der Waals surface area contributed by atoms with Crippen LogP contribution in [-0.2, 0) is 19.8 Å². The summed E-state index contributed by atoms with van der Waals surface area (Å²) in [4.78, 5) is 39.6. The molecule has 2 bridgehead atoms. The van der Waals surface area contributed by atoms with E-state index in [0.717, 1.165) is 12.8 Å².